The molecule has 0 aliphatic heterocycles. The van der Waals surface area contributed by atoms with Crippen molar-refractivity contribution < 1.29 is 14.4 Å². The smallest absolute Gasteiger partial charge is 0.223 e. The molecule has 1 saturated carbocycles. The second-order valence-corrected chi connectivity index (χ2v) is 5.87. The van der Waals surface area contributed by atoms with Gasteiger partial charge in [-0.3, -0.25) is 4.79 Å². The lowest BCUT2D eigenvalue weighted by Gasteiger charge is -2.29. The van der Waals surface area contributed by atoms with Gasteiger partial charge in [0.2, 0.25) is 5.91 Å². The van der Waals surface area contributed by atoms with Gasteiger partial charge in [-0.1, -0.05) is 24.9 Å². The molecule has 2 rings (SSSR count). The maximum absolute atomic E-state index is 12.2. The first-order chi connectivity index (χ1) is 9.49. The minimum atomic E-state index is -0.404. The Morgan fingerprint density at radius 2 is 2.15 bits per heavy atom. The highest BCUT2D eigenvalue weighted by atomic mass is 16.5. The molecule has 112 valence electrons. The third-order valence-electron chi connectivity index (χ3n) is 4.20. The number of rotatable bonds is 4. The van der Waals surface area contributed by atoms with Crippen LogP contribution in [0, 0.1) is 19.8 Å². The number of aliphatic hydroxyl groups excluding tert-OH is 1. The minimum absolute atomic E-state index is 0.00375. The zero-order valence-electron chi connectivity index (χ0n) is 12.5. The predicted octanol–water partition coefficient (Wildman–Crippen LogP) is 1.89. The van der Waals surface area contributed by atoms with E-state index < -0.39 is 6.10 Å². The largest absolute Gasteiger partial charge is 0.391 e. The normalized spacial score (nSPS) is 24.4. The number of aryl methyl sites for hydroxylation is 2. The highest BCUT2D eigenvalue weighted by Crippen LogP contribution is 2.20. The summed E-state index contributed by atoms with van der Waals surface area (Å²) < 4.78 is 5.12. The Kier molecular flexibility index (Phi) is 4.81. The molecule has 0 aromatic carbocycles. The number of aliphatic hydroxyl groups is 1. The molecule has 0 spiro atoms. The van der Waals surface area contributed by atoms with E-state index >= 15 is 0 Å². The molecule has 0 saturated heterocycles. The maximum atomic E-state index is 12.2. The third kappa shape index (κ3) is 3.39. The van der Waals surface area contributed by atoms with Gasteiger partial charge in [-0.15, -0.1) is 0 Å². The molecular weight excluding hydrogens is 256 g/mol. The predicted molar refractivity (Wildman–Crippen MR) is 75.3 cm³/mol. The molecule has 20 heavy (non-hydrogen) atoms. The topological polar surface area (TPSA) is 75.4 Å². The standard InChI is InChI=1S/C15H24N2O3/c1-9(8-12-10(2)17-20-11(12)3)15(19)16-13-6-4-5-7-14(13)18/h9,13-14,18H,4-8H2,1-3H3,(H,16,19). The van der Waals surface area contributed by atoms with E-state index in [4.69, 9.17) is 4.52 Å². The number of carbonyl (C=O) groups is 1. The number of amides is 1. The Labute approximate surface area is 119 Å². The van der Waals surface area contributed by atoms with Crippen molar-refractivity contribution in [1.29, 1.82) is 0 Å². The summed E-state index contributed by atoms with van der Waals surface area (Å²) in [4.78, 5) is 12.2. The number of nitrogens with one attached hydrogen (secondary N) is 1. The number of hydrogen-bond acceptors (Lipinski definition) is 4. The van der Waals surface area contributed by atoms with E-state index in [9.17, 15) is 9.90 Å². The highest BCUT2D eigenvalue weighted by Gasteiger charge is 2.27. The molecule has 1 aliphatic rings. The molecule has 0 radical (unpaired) electrons. The molecule has 3 atom stereocenters. The lowest BCUT2D eigenvalue weighted by Crippen LogP contribution is -2.47. The van der Waals surface area contributed by atoms with Crippen LogP contribution in [0.4, 0.5) is 0 Å². The summed E-state index contributed by atoms with van der Waals surface area (Å²) in [6.45, 7) is 5.66. The fourth-order valence-corrected chi connectivity index (χ4v) is 2.80. The first-order valence-electron chi connectivity index (χ1n) is 7.39. The van der Waals surface area contributed by atoms with E-state index in [1.807, 2.05) is 20.8 Å². The highest BCUT2D eigenvalue weighted by molar-refractivity contribution is 5.79. The summed E-state index contributed by atoms with van der Waals surface area (Å²) >= 11 is 0. The Morgan fingerprint density at radius 1 is 1.45 bits per heavy atom. The van der Waals surface area contributed by atoms with E-state index in [2.05, 4.69) is 10.5 Å². The summed E-state index contributed by atoms with van der Waals surface area (Å²) in [6, 6.07) is -0.0941. The molecule has 0 bridgehead atoms. The van der Waals surface area contributed by atoms with Crippen LogP contribution in [-0.2, 0) is 11.2 Å². The van der Waals surface area contributed by atoms with Crippen molar-refractivity contribution in [2.45, 2.75) is 65.0 Å². The van der Waals surface area contributed by atoms with E-state index in [0.717, 1.165) is 42.7 Å². The summed E-state index contributed by atoms with van der Waals surface area (Å²) in [5.74, 6) is 0.622. The molecule has 5 heteroatoms. The number of carbonyl (C=O) groups excluding carboxylic acids is 1. The number of nitrogens with zero attached hydrogens (tertiary/aromatic N) is 1. The van der Waals surface area contributed by atoms with E-state index in [-0.39, 0.29) is 17.9 Å². The summed E-state index contributed by atoms with van der Waals surface area (Å²) in [7, 11) is 0. The van der Waals surface area contributed by atoms with Crippen LogP contribution in [0.15, 0.2) is 4.52 Å². The average molecular weight is 280 g/mol. The van der Waals surface area contributed by atoms with Gasteiger partial charge in [0.15, 0.2) is 0 Å². The van der Waals surface area contributed by atoms with Gasteiger partial charge in [0.05, 0.1) is 17.8 Å². The van der Waals surface area contributed by atoms with E-state index in [0.29, 0.717) is 6.42 Å². The second kappa shape index (κ2) is 6.39. The Hall–Kier alpha value is -1.36. The van der Waals surface area contributed by atoms with Gasteiger partial charge in [-0.25, -0.2) is 0 Å². The lowest BCUT2D eigenvalue weighted by atomic mass is 9.91. The molecule has 5 nitrogen and oxygen atoms in total. The minimum Gasteiger partial charge on any atom is -0.391 e. The molecule has 2 N–H and O–H groups in total. The van der Waals surface area contributed by atoms with Crippen LogP contribution >= 0.6 is 0 Å². The second-order valence-electron chi connectivity index (χ2n) is 5.87. The van der Waals surface area contributed by atoms with Crippen molar-refractivity contribution >= 4 is 5.91 Å². The van der Waals surface area contributed by atoms with Gasteiger partial charge in [0.1, 0.15) is 5.76 Å². The van der Waals surface area contributed by atoms with Gasteiger partial charge in [-0.2, -0.15) is 0 Å². The fourth-order valence-electron chi connectivity index (χ4n) is 2.80. The molecule has 3 unspecified atom stereocenters. The Balaban J connectivity index is 1.92. The van der Waals surface area contributed by atoms with E-state index in [1.165, 1.54) is 0 Å². The molecule has 1 aromatic rings. The SMILES string of the molecule is Cc1noc(C)c1CC(C)C(=O)NC1CCCCC1O. The first kappa shape index (κ1) is 15.0. The lowest BCUT2D eigenvalue weighted by molar-refractivity contribution is -0.126. The van der Waals surface area contributed by atoms with Crippen LogP contribution in [0.3, 0.4) is 0 Å². The van der Waals surface area contributed by atoms with Crippen LogP contribution in [0.2, 0.25) is 0 Å². The summed E-state index contributed by atoms with van der Waals surface area (Å²) in [5.41, 5.74) is 1.86. The number of hydrogen-bond donors (Lipinski definition) is 2. The van der Waals surface area contributed by atoms with Crippen molar-refractivity contribution in [3.8, 4) is 0 Å². The molecular formula is C15H24N2O3. The monoisotopic (exact) mass is 280 g/mol. The molecule has 1 amide bonds. The first-order valence-corrected chi connectivity index (χ1v) is 7.39. The number of aromatic nitrogens is 1. The third-order valence-corrected chi connectivity index (χ3v) is 4.20. The zero-order chi connectivity index (χ0) is 14.7. The van der Waals surface area contributed by atoms with E-state index in [1.54, 1.807) is 0 Å². The quantitative estimate of drug-likeness (QED) is 0.883. The fraction of sp³-hybridized carbons (Fsp3) is 0.733. The average Bonchev–Trinajstić information content (AvgIpc) is 2.73. The van der Waals surface area contributed by atoms with Crippen LogP contribution in [0.25, 0.3) is 0 Å². The van der Waals surface area contributed by atoms with Crippen LogP contribution < -0.4 is 5.32 Å². The van der Waals surface area contributed by atoms with Crippen LogP contribution in [0.1, 0.15) is 49.6 Å². The Morgan fingerprint density at radius 3 is 2.75 bits per heavy atom. The van der Waals surface area contributed by atoms with Crippen molar-refractivity contribution in [3.63, 3.8) is 0 Å². The van der Waals surface area contributed by atoms with Crippen molar-refractivity contribution in [3.05, 3.63) is 17.0 Å². The summed E-state index contributed by atoms with van der Waals surface area (Å²) in [5, 5.41) is 16.8. The van der Waals surface area contributed by atoms with Crippen molar-refractivity contribution in [2.24, 2.45) is 5.92 Å². The van der Waals surface area contributed by atoms with Gasteiger partial charge >= 0.3 is 0 Å². The van der Waals surface area contributed by atoms with Gasteiger partial charge < -0.3 is 14.9 Å². The summed E-state index contributed by atoms with van der Waals surface area (Å²) in [6.07, 6.45) is 3.98. The Bertz CT molecular complexity index is 450. The van der Waals surface area contributed by atoms with Gasteiger partial charge in [0, 0.05) is 11.5 Å². The zero-order valence-corrected chi connectivity index (χ0v) is 12.5. The molecule has 1 aliphatic carbocycles. The van der Waals surface area contributed by atoms with Crippen LogP contribution in [-0.4, -0.2) is 28.3 Å². The maximum Gasteiger partial charge on any atom is 0.223 e. The molecule has 1 fully saturated rings. The van der Waals surface area contributed by atoms with Crippen molar-refractivity contribution in [2.75, 3.05) is 0 Å². The van der Waals surface area contributed by atoms with Gasteiger partial charge in [0.25, 0.3) is 0 Å². The molecule has 1 heterocycles. The van der Waals surface area contributed by atoms with Crippen molar-refractivity contribution in [1.82, 2.24) is 10.5 Å². The van der Waals surface area contributed by atoms with Crippen LogP contribution in [0.5, 0.6) is 0 Å². The molecule has 1 aromatic heterocycles. The van der Waals surface area contributed by atoms with Gasteiger partial charge in [-0.05, 0) is 33.1 Å².